The van der Waals surface area contributed by atoms with Crippen molar-refractivity contribution in [3.05, 3.63) is 101 Å². The Morgan fingerprint density at radius 1 is 1.00 bits per heavy atom. The molecule has 2 aromatic carbocycles. The third kappa shape index (κ3) is 5.01. The Kier molecular flexibility index (Phi) is 6.52. The minimum atomic E-state index is -0.0136. The number of nitrogens with one attached hydrogen (secondary N) is 2. The summed E-state index contributed by atoms with van der Waals surface area (Å²) >= 11 is 5.63. The maximum absolute atomic E-state index is 5.63. The Balaban J connectivity index is 1.37. The number of thiocarbonyl (C=S) groups is 1. The molecular formula is C25H27N3S. The van der Waals surface area contributed by atoms with Gasteiger partial charge in [-0.05, 0) is 72.1 Å². The van der Waals surface area contributed by atoms with E-state index in [-0.39, 0.29) is 6.04 Å². The van der Waals surface area contributed by atoms with Gasteiger partial charge >= 0.3 is 0 Å². The number of aromatic nitrogens is 1. The van der Waals surface area contributed by atoms with Crippen LogP contribution in [0.2, 0.25) is 0 Å². The highest BCUT2D eigenvalue weighted by Crippen LogP contribution is 2.33. The summed E-state index contributed by atoms with van der Waals surface area (Å²) in [6.07, 6.45) is 8.55. The minimum Gasteiger partial charge on any atom is -0.363 e. The average molecular weight is 402 g/mol. The molecule has 0 aliphatic heterocycles. The van der Waals surface area contributed by atoms with Gasteiger partial charge in [0.1, 0.15) is 0 Å². The summed E-state index contributed by atoms with van der Waals surface area (Å²) in [4.78, 5) is 4.28. The van der Waals surface area contributed by atoms with Gasteiger partial charge in [-0.25, -0.2) is 0 Å². The summed E-state index contributed by atoms with van der Waals surface area (Å²) in [5, 5.41) is 7.60. The standard InChI is InChI=1S/C25H27N3S/c29-25(27-17-15-20-12-6-11-19-8-4-5-14-23(19)20)28-24(21-9-2-1-3-10-21)22-13-7-16-26-18-22/h1-5,7-10,13-14,16,18,20,24H,6,11-12,15,17H2,(H2,27,28,29). The first kappa shape index (κ1) is 19.6. The van der Waals surface area contributed by atoms with Crippen molar-refractivity contribution in [3.8, 4) is 0 Å². The van der Waals surface area contributed by atoms with E-state index in [2.05, 4.69) is 70.2 Å². The molecule has 3 nitrogen and oxygen atoms in total. The zero-order valence-electron chi connectivity index (χ0n) is 16.6. The van der Waals surface area contributed by atoms with Crippen LogP contribution in [-0.4, -0.2) is 16.6 Å². The molecular weight excluding hydrogens is 374 g/mol. The topological polar surface area (TPSA) is 37.0 Å². The van der Waals surface area contributed by atoms with Crippen molar-refractivity contribution in [1.29, 1.82) is 0 Å². The van der Waals surface area contributed by atoms with Crippen molar-refractivity contribution in [3.63, 3.8) is 0 Å². The molecule has 0 saturated carbocycles. The normalized spacial score (nSPS) is 16.5. The highest BCUT2D eigenvalue weighted by molar-refractivity contribution is 7.80. The van der Waals surface area contributed by atoms with E-state index >= 15 is 0 Å². The van der Waals surface area contributed by atoms with Crippen molar-refractivity contribution >= 4 is 17.3 Å². The molecule has 148 valence electrons. The molecule has 1 aliphatic rings. The van der Waals surface area contributed by atoms with Crippen LogP contribution in [0.1, 0.15) is 53.5 Å². The Morgan fingerprint density at radius 3 is 2.62 bits per heavy atom. The predicted molar refractivity (Wildman–Crippen MR) is 123 cm³/mol. The van der Waals surface area contributed by atoms with Gasteiger partial charge in [0.2, 0.25) is 0 Å². The monoisotopic (exact) mass is 401 g/mol. The number of nitrogens with zero attached hydrogens (tertiary/aromatic N) is 1. The lowest BCUT2D eigenvalue weighted by Crippen LogP contribution is -2.39. The fourth-order valence-electron chi connectivity index (χ4n) is 4.25. The lowest BCUT2D eigenvalue weighted by molar-refractivity contribution is 0.516. The molecule has 2 unspecified atom stereocenters. The molecule has 4 rings (SSSR count). The van der Waals surface area contributed by atoms with Crippen LogP contribution in [0.4, 0.5) is 0 Å². The van der Waals surface area contributed by atoms with Crippen LogP contribution in [-0.2, 0) is 6.42 Å². The molecule has 29 heavy (non-hydrogen) atoms. The summed E-state index contributed by atoms with van der Waals surface area (Å²) in [5.74, 6) is 0.624. The minimum absolute atomic E-state index is 0.0136. The van der Waals surface area contributed by atoms with Gasteiger partial charge in [-0.2, -0.15) is 0 Å². The Bertz CT molecular complexity index is 888. The van der Waals surface area contributed by atoms with Gasteiger partial charge in [0.15, 0.2) is 5.11 Å². The molecule has 0 fully saturated rings. The second-order valence-corrected chi connectivity index (χ2v) is 8.02. The van der Waals surface area contributed by atoms with E-state index in [0.29, 0.717) is 11.0 Å². The molecule has 2 atom stereocenters. The van der Waals surface area contributed by atoms with Crippen molar-refractivity contribution in [2.24, 2.45) is 0 Å². The predicted octanol–water partition coefficient (Wildman–Crippen LogP) is 5.15. The molecule has 2 N–H and O–H groups in total. The lowest BCUT2D eigenvalue weighted by atomic mass is 9.81. The summed E-state index contributed by atoms with van der Waals surface area (Å²) in [6, 6.07) is 23.3. The molecule has 0 spiro atoms. The van der Waals surface area contributed by atoms with Crippen molar-refractivity contribution in [2.45, 2.75) is 37.6 Å². The summed E-state index contributed by atoms with van der Waals surface area (Å²) in [6.45, 7) is 0.874. The highest BCUT2D eigenvalue weighted by Gasteiger charge is 2.20. The second kappa shape index (κ2) is 9.66. The van der Waals surface area contributed by atoms with Gasteiger partial charge in [0.25, 0.3) is 0 Å². The van der Waals surface area contributed by atoms with E-state index in [1.54, 1.807) is 6.20 Å². The molecule has 3 aromatic rings. The summed E-state index contributed by atoms with van der Waals surface area (Å²) < 4.78 is 0. The number of aryl methyl sites for hydroxylation is 1. The van der Waals surface area contributed by atoms with Crippen LogP contribution in [0, 0.1) is 0 Å². The number of hydrogen-bond donors (Lipinski definition) is 2. The third-order valence-electron chi connectivity index (χ3n) is 5.70. The SMILES string of the molecule is S=C(NCCC1CCCc2ccccc21)NC(c1ccccc1)c1cccnc1. The van der Waals surface area contributed by atoms with Gasteiger partial charge in [-0.15, -0.1) is 0 Å². The fourth-order valence-corrected chi connectivity index (χ4v) is 4.47. The van der Waals surface area contributed by atoms with Crippen LogP contribution >= 0.6 is 12.2 Å². The largest absolute Gasteiger partial charge is 0.363 e. The average Bonchev–Trinajstić information content (AvgIpc) is 2.79. The number of hydrogen-bond acceptors (Lipinski definition) is 2. The van der Waals surface area contributed by atoms with Crippen LogP contribution in [0.5, 0.6) is 0 Å². The summed E-state index contributed by atoms with van der Waals surface area (Å²) in [7, 11) is 0. The second-order valence-electron chi connectivity index (χ2n) is 7.61. The van der Waals surface area contributed by atoms with Crippen LogP contribution in [0.3, 0.4) is 0 Å². The fraction of sp³-hybridized carbons (Fsp3) is 0.280. The highest BCUT2D eigenvalue weighted by atomic mass is 32.1. The first-order valence-electron chi connectivity index (χ1n) is 10.4. The number of benzene rings is 2. The van der Waals surface area contributed by atoms with E-state index in [1.807, 2.05) is 18.3 Å². The Hall–Kier alpha value is -2.72. The molecule has 1 aliphatic carbocycles. The first-order chi connectivity index (χ1) is 14.3. The van der Waals surface area contributed by atoms with E-state index in [4.69, 9.17) is 12.2 Å². The maximum Gasteiger partial charge on any atom is 0.167 e. The molecule has 1 heterocycles. The van der Waals surface area contributed by atoms with E-state index in [0.717, 1.165) is 18.5 Å². The molecule has 4 heteroatoms. The molecule has 1 aromatic heterocycles. The maximum atomic E-state index is 5.63. The Morgan fingerprint density at radius 2 is 1.79 bits per heavy atom. The van der Waals surface area contributed by atoms with Gasteiger partial charge in [0.05, 0.1) is 6.04 Å². The van der Waals surface area contributed by atoms with Crippen molar-refractivity contribution < 1.29 is 0 Å². The first-order valence-corrected chi connectivity index (χ1v) is 10.8. The zero-order chi connectivity index (χ0) is 19.9. The van der Waals surface area contributed by atoms with E-state index in [9.17, 15) is 0 Å². The number of fused-ring (bicyclic) bond motifs is 1. The number of pyridine rings is 1. The Labute approximate surface area is 178 Å². The molecule has 0 radical (unpaired) electrons. The number of rotatable bonds is 6. The van der Waals surface area contributed by atoms with Gasteiger partial charge in [-0.1, -0.05) is 60.7 Å². The smallest absolute Gasteiger partial charge is 0.167 e. The van der Waals surface area contributed by atoms with E-state index in [1.165, 1.54) is 36.0 Å². The van der Waals surface area contributed by atoms with Gasteiger partial charge < -0.3 is 10.6 Å². The van der Waals surface area contributed by atoms with Crippen molar-refractivity contribution in [2.75, 3.05) is 6.54 Å². The third-order valence-corrected chi connectivity index (χ3v) is 5.96. The van der Waals surface area contributed by atoms with Crippen LogP contribution in [0.15, 0.2) is 79.1 Å². The van der Waals surface area contributed by atoms with Gasteiger partial charge in [-0.3, -0.25) is 4.98 Å². The zero-order valence-corrected chi connectivity index (χ0v) is 17.4. The van der Waals surface area contributed by atoms with Crippen LogP contribution in [0.25, 0.3) is 0 Å². The molecule has 0 bridgehead atoms. The van der Waals surface area contributed by atoms with Crippen molar-refractivity contribution in [1.82, 2.24) is 15.6 Å². The van der Waals surface area contributed by atoms with Crippen LogP contribution < -0.4 is 10.6 Å². The quantitative estimate of drug-likeness (QED) is 0.561. The van der Waals surface area contributed by atoms with E-state index < -0.39 is 0 Å². The molecule has 0 amide bonds. The lowest BCUT2D eigenvalue weighted by Gasteiger charge is -2.26. The van der Waals surface area contributed by atoms with Gasteiger partial charge in [0, 0.05) is 18.9 Å². The molecule has 0 saturated heterocycles. The summed E-state index contributed by atoms with van der Waals surface area (Å²) in [5.41, 5.74) is 5.32.